The van der Waals surface area contributed by atoms with Crippen molar-refractivity contribution in [2.75, 3.05) is 0 Å². The summed E-state index contributed by atoms with van der Waals surface area (Å²) in [7, 11) is 0. The van der Waals surface area contributed by atoms with E-state index in [0.29, 0.717) is 0 Å². The van der Waals surface area contributed by atoms with Gasteiger partial charge in [0.15, 0.2) is 0 Å². The minimum atomic E-state index is 0.993. The highest BCUT2D eigenvalue weighted by molar-refractivity contribution is 5.83. The van der Waals surface area contributed by atoms with Crippen LogP contribution in [0.25, 0.3) is 78.3 Å². The predicted octanol–water partition coefficient (Wildman–Crippen LogP) is 30.1. The summed E-state index contributed by atoms with van der Waals surface area (Å²) in [6.07, 6.45) is 20.6. The Bertz CT molecular complexity index is 5130. The van der Waals surface area contributed by atoms with Crippen LogP contribution in [-0.2, 0) is 44.9 Å². The molecule has 0 atom stereocenters. The highest BCUT2D eigenvalue weighted by Crippen LogP contribution is 2.44. The van der Waals surface area contributed by atoms with Crippen LogP contribution in [0, 0.1) is 96.9 Å². The third kappa shape index (κ3) is 20.7. The summed E-state index contributed by atoms with van der Waals surface area (Å²) in [5, 5.41) is 0. The Morgan fingerprint density at radius 3 is 1.20 bits per heavy atom. The number of hydrogen-bond donors (Lipinski definition) is 0. The maximum atomic E-state index is 4.69. The van der Waals surface area contributed by atoms with Crippen LogP contribution >= 0.6 is 0 Å². The summed E-state index contributed by atoms with van der Waals surface area (Å²) < 4.78 is 0. The molecule has 7 nitrogen and oxygen atoms in total. The van der Waals surface area contributed by atoms with Crippen molar-refractivity contribution in [2.45, 2.75) is 239 Å². The number of nitrogens with zero attached hydrogens (tertiary/aromatic N) is 7. The Balaban J connectivity index is 0.000000169. The van der Waals surface area contributed by atoms with Crippen molar-refractivity contribution in [1.29, 1.82) is 0 Å². The predicted molar refractivity (Wildman–Crippen MR) is 513 cm³/mol. The van der Waals surface area contributed by atoms with Gasteiger partial charge in [0, 0.05) is 127 Å². The van der Waals surface area contributed by atoms with Gasteiger partial charge < -0.3 is 0 Å². The molecule has 0 bridgehead atoms. The fraction of sp³-hybridized carbons (Fsp3) is 0.312. The third-order valence-electron chi connectivity index (χ3n) is 23.1. The number of rotatable bonds is 0. The number of pyridine rings is 7. The minimum absolute atomic E-state index is 0.993. The van der Waals surface area contributed by atoms with Gasteiger partial charge in [-0.15, -0.1) is 0 Å². The molecular weight excluding hydrogens is 1440 g/mol. The van der Waals surface area contributed by atoms with E-state index < -0.39 is 0 Å². The SMILES string of the molecule is CC.CC.CC.CC.CC.CC.CC.Cc1cc2c(cc1C)-c1ncccc1C2.Cc1cc2c(nc1C)-c1ccccc1C2.Cc1cc2c(nc1C)Cc1ccccc1-2.Cc1ccc2c(c1C)-c1cccnc1C2.Cc1ccc2c(c1C)-c1ccncc1C2.Cc1ccc2c(c1C)-c1cnccc1C2.Cc1ccc2c(c1C)-c1ncccc1C2. The van der Waals surface area contributed by atoms with E-state index in [-0.39, 0.29) is 0 Å². The monoisotopic (exact) mass is 1580 g/mol. The molecule has 7 aromatic heterocycles. The van der Waals surface area contributed by atoms with Gasteiger partial charge in [0.1, 0.15) is 0 Å². The van der Waals surface area contributed by atoms with Crippen molar-refractivity contribution >= 4 is 0 Å². The van der Waals surface area contributed by atoms with Gasteiger partial charge in [-0.25, -0.2) is 0 Å². The summed E-state index contributed by atoms with van der Waals surface area (Å²) in [4.78, 5) is 31.2. The average Bonchev–Trinajstić information content (AvgIpc) is 1.65. The van der Waals surface area contributed by atoms with Crippen LogP contribution in [0.15, 0.2) is 213 Å². The van der Waals surface area contributed by atoms with Gasteiger partial charge in [0.25, 0.3) is 0 Å². The molecular formula is C112H133N7. The first-order valence-electron chi connectivity index (χ1n) is 44.1. The Kier molecular flexibility index (Phi) is 34.7. The van der Waals surface area contributed by atoms with Gasteiger partial charge in [-0.3, -0.25) is 34.9 Å². The summed E-state index contributed by atoms with van der Waals surface area (Å²) >= 11 is 0. The van der Waals surface area contributed by atoms with Gasteiger partial charge in [-0.2, -0.15) is 0 Å². The first-order valence-corrected chi connectivity index (χ1v) is 44.1. The lowest BCUT2D eigenvalue weighted by molar-refractivity contribution is 1.05. The fourth-order valence-electron chi connectivity index (χ4n) is 16.3. The smallest absolute Gasteiger partial charge is 0.0743 e. The molecule has 0 spiro atoms. The van der Waals surface area contributed by atoms with Crippen molar-refractivity contribution in [3.05, 3.63) is 370 Å². The normalized spacial score (nSPS) is 11.3. The molecule has 7 aliphatic carbocycles. The minimum Gasteiger partial charge on any atom is -0.264 e. The molecule has 119 heavy (non-hydrogen) atoms. The number of hydrogen-bond acceptors (Lipinski definition) is 7. The summed E-state index contributed by atoms with van der Waals surface area (Å²) in [6, 6.07) is 60.9. The first-order chi connectivity index (χ1) is 57.8. The zero-order valence-corrected chi connectivity index (χ0v) is 77.3. The molecule has 14 aromatic rings. The molecule has 7 heteroatoms. The fourth-order valence-corrected chi connectivity index (χ4v) is 16.3. The third-order valence-corrected chi connectivity index (χ3v) is 23.1. The Labute approximate surface area is 717 Å². The molecule has 7 aliphatic rings. The molecule has 21 rings (SSSR count). The van der Waals surface area contributed by atoms with E-state index in [4.69, 9.17) is 4.98 Å². The van der Waals surface area contributed by atoms with Crippen molar-refractivity contribution < 1.29 is 0 Å². The number of benzene rings is 7. The standard InChI is InChI=1S/7C14H13N.7C2H6/c1-9-3-4-12-7-11-5-6-15-8-13(11)14(12)10(9)2;1-9-3-4-11-7-12-8-15-6-5-13(12)14(11)10(9)2;1-9-5-6-11-8-13-12(4-3-7-15-13)14(11)10(9)2;1-9-5-6-11-8-12-4-3-7-15-14(12)13(11)10(9)2;1-9-6-12-8-11-4-3-5-15-14(11)13(12)7-10(9)2;1-9-7-12-8-11-5-3-4-6-13(11)14(12)15-10(9)2;1-9-7-13-12-6-4-3-5-11(12)8-14(13)15-10(9)2;7*1-2/h2*3-6,8H,7H2,1-2H3;5*3-7H,8H2,1-2H3;7*1-2H3. The van der Waals surface area contributed by atoms with E-state index >= 15 is 0 Å². The molecule has 0 saturated heterocycles. The van der Waals surface area contributed by atoms with Crippen LogP contribution in [0.1, 0.15) is 253 Å². The second kappa shape index (κ2) is 44.4. The highest BCUT2D eigenvalue weighted by atomic mass is 14.7. The van der Waals surface area contributed by atoms with E-state index in [0.717, 1.165) is 56.3 Å². The maximum absolute atomic E-state index is 4.69. The quantitative estimate of drug-likeness (QED) is 0.149. The van der Waals surface area contributed by atoms with Gasteiger partial charge in [0.2, 0.25) is 0 Å². The van der Waals surface area contributed by atoms with Gasteiger partial charge in [-0.05, 0) is 307 Å². The Morgan fingerprint density at radius 1 is 0.202 bits per heavy atom. The van der Waals surface area contributed by atoms with E-state index in [9.17, 15) is 0 Å². The summed E-state index contributed by atoms with van der Waals surface area (Å²) in [5.41, 5.74) is 56.5. The second-order valence-corrected chi connectivity index (χ2v) is 29.7. The van der Waals surface area contributed by atoms with E-state index in [2.05, 4.69) is 278 Å². The zero-order valence-electron chi connectivity index (χ0n) is 77.3. The van der Waals surface area contributed by atoms with Gasteiger partial charge in [-0.1, -0.05) is 224 Å². The topological polar surface area (TPSA) is 90.2 Å². The molecule has 0 saturated carbocycles. The lowest BCUT2D eigenvalue weighted by atomic mass is 9.97. The molecule has 0 amide bonds. The molecule has 7 aromatic carbocycles. The van der Waals surface area contributed by atoms with Crippen molar-refractivity contribution in [1.82, 2.24) is 34.9 Å². The number of aryl methyl sites for hydroxylation is 10. The van der Waals surface area contributed by atoms with Crippen LogP contribution < -0.4 is 0 Å². The second-order valence-electron chi connectivity index (χ2n) is 29.7. The molecule has 0 unspecified atom stereocenters. The number of aromatic nitrogens is 7. The number of fused-ring (bicyclic) bond motifs is 21. The van der Waals surface area contributed by atoms with Crippen LogP contribution in [0.2, 0.25) is 0 Å². The zero-order chi connectivity index (χ0) is 86.9. The largest absolute Gasteiger partial charge is 0.264 e. The molecule has 0 N–H and O–H groups in total. The Hall–Kier alpha value is -11.4. The van der Waals surface area contributed by atoms with Crippen LogP contribution in [-0.4, -0.2) is 34.9 Å². The van der Waals surface area contributed by atoms with Crippen molar-refractivity contribution in [3.63, 3.8) is 0 Å². The molecule has 0 fully saturated rings. The van der Waals surface area contributed by atoms with Crippen LogP contribution in [0.3, 0.4) is 0 Å². The average molecular weight is 1580 g/mol. The van der Waals surface area contributed by atoms with Crippen molar-refractivity contribution in [2.24, 2.45) is 0 Å². The Morgan fingerprint density at radius 2 is 0.588 bits per heavy atom. The molecule has 0 radical (unpaired) electrons. The first kappa shape index (κ1) is 93.1. The van der Waals surface area contributed by atoms with Gasteiger partial charge >= 0.3 is 0 Å². The lowest BCUT2D eigenvalue weighted by Gasteiger charge is -2.08. The van der Waals surface area contributed by atoms with E-state index in [1.807, 2.05) is 159 Å². The maximum Gasteiger partial charge on any atom is 0.0743 e. The summed E-state index contributed by atoms with van der Waals surface area (Å²) in [6.45, 7) is 58.3. The molecule has 0 aliphatic heterocycles. The van der Waals surface area contributed by atoms with E-state index in [1.165, 1.54) is 223 Å². The lowest BCUT2D eigenvalue weighted by Crippen LogP contribution is -1.92. The van der Waals surface area contributed by atoms with Gasteiger partial charge in [0.05, 0.1) is 28.5 Å². The van der Waals surface area contributed by atoms with Crippen LogP contribution in [0.4, 0.5) is 0 Å². The van der Waals surface area contributed by atoms with Crippen molar-refractivity contribution in [3.8, 4) is 78.3 Å². The summed E-state index contributed by atoms with van der Waals surface area (Å²) in [5.74, 6) is 0. The van der Waals surface area contributed by atoms with E-state index in [1.54, 1.807) is 0 Å². The van der Waals surface area contributed by atoms with Crippen LogP contribution in [0.5, 0.6) is 0 Å². The molecule has 7 heterocycles. The molecule has 616 valence electrons. The highest BCUT2D eigenvalue weighted by Gasteiger charge is 2.27.